The second-order valence-electron chi connectivity index (χ2n) is 10.9. The number of nitrogens with zero attached hydrogens (tertiary/aromatic N) is 2. The van der Waals surface area contributed by atoms with Crippen molar-refractivity contribution in [3.63, 3.8) is 0 Å². The summed E-state index contributed by atoms with van der Waals surface area (Å²) < 4.78 is 65.6. The first-order valence-electron chi connectivity index (χ1n) is 13.4. The van der Waals surface area contributed by atoms with E-state index in [9.17, 15) is 27.2 Å². The molecule has 1 unspecified atom stereocenters. The molecule has 224 valence electrons. The first-order valence-corrected chi connectivity index (χ1v) is 13.4. The minimum Gasteiger partial charge on any atom is -0.491 e. The second kappa shape index (κ2) is 12.7. The lowest BCUT2D eigenvalue weighted by Gasteiger charge is -2.28. The predicted molar refractivity (Wildman–Crippen MR) is 149 cm³/mol. The molecule has 0 bridgehead atoms. The van der Waals surface area contributed by atoms with E-state index in [4.69, 9.17) is 9.47 Å². The molecule has 42 heavy (non-hydrogen) atoms. The van der Waals surface area contributed by atoms with Crippen molar-refractivity contribution in [2.24, 2.45) is 0 Å². The van der Waals surface area contributed by atoms with E-state index in [-0.39, 0.29) is 47.8 Å². The summed E-state index contributed by atoms with van der Waals surface area (Å²) in [5, 5.41) is 5.50. The van der Waals surface area contributed by atoms with Gasteiger partial charge in [0.05, 0.1) is 17.2 Å². The van der Waals surface area contributed by atoms with Crippen LogP contribution in [0.5, 0.6) is 5.75 Å². The van der Waals surface area contributed by atoms with Crippen LogP contribution in [0.15, 0.2) is 60.8 Å². The number of nitrogens with one attached hydrogen (secondary N) is 2. The van der Waals surface area contributed by atoms with Gasteiger partial charge in [-0.15, -0.1) is 0 Å². The van der Waals surface area contributed by atoms with E-state index >= 15 is 0 Å². The highest BCUT2D eigenvalue weighted by Gasteiger charge is 2.34. The predicted octanol–water partition coefficient (Wildman–Crippen LogP) is 6.88. The van der Waals surface area contributed by atoms with Gasteiger partial charge in [-0.1, -0.05) is 12.1 Å². The maximum absolute atomic E-state index is 13.7. The van der Waals surface area contributed by atoms with Crippen LogP contribution in [0, 0.1) is 5.82 Å². The van der Waals surface area contributed by atoms with Crippen LogP contribution in [0.4, 0.5) is 33.9 Å². The first kappa shape index (κ1) is 30.6. The lowest BCUT2D eigenvalue weighted by atomic mass is 10.1. The molecule has 2 amide bonds. The molecule has 4 rings (SSSR count). The summed E-state index contributed by atoms with van der Waals surface area (Å²) in [5.74, 6) is -0.991. The van der Waals surface area contributed by atoms with E-state index in [0.717, 1.165) is 17.7 Å². The van der Waals surface area contributed by atoms with Gasteiger partial charge >= 0.3 is 12.3 Å². The fourth-order valence-electron chi connectivity index (χ4n) is 4.40. The van der Waals surface area contributed by atoms with E-state index in [0.29, 0.717) is 19.4 Å². The summed E-state index contributed by atoms with van der Waals surface area (Å²) in [6.45, 7) is 5.90. The molecule has 0 saturated carbocycles. The van der Waals surface area contributed by atoms with E-state index in [1.807, 2.05) is 0 Å². The number of carbonyl (C=O) groups is 2. The number of alkyl halides is 3. The number of anilines is 2. The van der Waals surface area contributed by atoms with E-state index in [2.05, 4.69) is 15.6 Å². The second-order valence-corrected chi connectivity index (χ2v) is 10.9. The van der Waals surface area contributed by atoms with Crippen molar-refractivity contribution in [3.8, 4) is 5.75 Å². The number of halogens is 4. The van der Waals surface area contributed by atoms with Crippen LogP contribution < -0.4 is 15.4 Å². The van der Waals surface area contributed by atoms with Gasteiger partial charge in [-0.2, -0.15) is 13.2 Å². The smallest absolute Gasteiger partial charge is 0.416 e. The fourth-order valence-corrected chi connectivity index (χ4v) is 4.40. The Balaban J connectivity index is 1.48. The molecular weight excluding hydrogens is 556 g/mol. The number of likely N-dealkylation sites (tertiary alicyclic amines) is 1. The van der Waals surface area contributed by atoms with Crippen molar-refractivity contribution in [1.82, 2.24) is 9.88 Å². The SMILES string of the molecule is CC(C)(C)OC(=O)N1CCCC1COc1cc(NC(=O)c2cccnc2NCc2ccc(F)cc2)cc(C(F)(F)F)c1. The van der Waals surface area contributed by atoms with Crippen LogP contribution >= 0.6 is 0 Å². The van der Waals surface area contributed by atoms with Crippen LogP contribution in [0.3, 0.4) is 0 Å². The highest BCUT2D eigenvalue weighted by molar-refractivity contribution is 6.07. The topological polar surface area (TPSA) is 92.8 Å². The standard InChI is InChI=1S/C30H32F4N4O4/c1-29(2,3)42-28(40)38-13-5-6-23(38)18-41-24-15-20(30(32,33)34)14-22(16-24)37-27(39)25-7-4-12-35-26(25)36-17-19-8-10-21(31)11-9-19/h4,7-12,14-16,23H,5-6,13,17-18H2,1-3H3,(H,35,36)(H,37,39). The van der Waals surface area contributed by atoms with Crippen molar-refractivity contribution in [3.05, 3.63) is 83.3 Å². The molecule has 2 heterocycles. The number of benzene rings is 2. The molecule has 1 aliphatic heterocycles. The molecule has 0 radical (unpaired) electrons. The van der Waals surface area contributed by atoms with Crippen LogP contribution in [0.1, 0.15) is 55.1 Å². The Hall–Kier alpha value is -4.35. The minimum atomic E-state index is -4.70. The Labute approximate surface area is 241 Å². The Kier molecular flexibility index (Phi) is 9.23. The number of amides is 2. The zero-order chi connectivity index (χ0) is 30.5. The summed E-state index contributed by atoms with van der Waals surface area (Å²) >= 11 is 0. The quantitative estimate of drug-likeness (QED) is 0.279. The van der Waals surface area contributed by atoms with Gasteiger partial charge in [0.2, 0.25) is 0 Å². The van der Waals surface area contributed by atoms with Crippen LogP contribution in [0.25, 0.3) is 0 Å². The lowest BCUT2D eigenvalue weighted by molar-refractivity contribution is -0.137. The molecule has 2 N–H and O–H groups in total. The highest BCUT2D eigenvalue weighted by Crippen LogP contribution is 2.35. The molecule has 3 aromatic rings. The number of hydrogen-bond acceptors (Lipinski definition) is 6. The summed E-state index contributed by atoms with van der Waals surface area (Å²) in [5.41, 5.74) is -0.997. The molecule has 1 fully saturated rings. The molecule has 0 spiro atoms. The van der Waals surface area contributed by atoms with Crippen LogP contribution in [0.2, 0.25) is 0 Å². The molecule has 1 saturated heterocycles. The number of rotatable bonds is 8. The molecule has 2 aromatic carbocycles. The summed E-state index contributed by atoms with van der Waals surface area (Å²) in [6, 6.07) is 11.3. The third-order valence-electron chi connectivity index (χ3n) is 6.36. The fraction of sp³-hybridized carbons (Fsp3) is 0.367. The highest BCUT2D eigenvalue weighted by atomic mass is 19.4. The Morgan fingerprint density at radius 3 is 2.50 bits per heavy atom. The zero-order valence-electron chi connectivity index (χ0n) is 23.4. The molecule has 1 atom stereocenters. The van der Waals surface area contributed by atoms with Crippen molar-refractivity contribution in [2.45, 2.75) is 58.0 Å². The average Bonchev–Trinajstić information content (AvgIpc) is 3.39. The number of hydrogen-bond donors (Lipinski definition) is 2. The van der Waals surface area contributed by atoms with Crippen molar-refractivity contribution in [1.29, 1.82) is 0 Å². The third kappa shape index (κ3) is 8.34. The summed E-state index contributed by atoms with van der Waals surface area (Å²) in [6.07, 6.45) is -2.43. The molecular formula is C30H32F4N4O4. The molecule has 1 aliphatic rings. The van der Waals surface area contributed by atoms with Crippen LogP contribution in [-0.2, 0) is 17.5 Å². The van der Waals surface area contributed by atoms with Gasteiger partial charge in [-0.25, -0.2) is 14.2 Å². The van der Waals surface area contributed by atoms with Gasteiger partial charge in [0, 0.05) is 31.0 Å². The van der Waals surface area contributed by atoms with Crippen molar-refractivity contribution < 1.29 is 36.6 Å². The van der Waals surface area contributed by atoms with Gasteiger partial charge < -0.3 is 25.0 Å². The zero-order valence-corrected chi connectivity index (χ0v) is 23.4. The monoisotopic (exact) mass is 588 g/mol. The van der Waals surface area contributed by atoms with Gasteiger partial charge in [-0.3, -0.25) is 4.79 Å². The largest absolute Gasteiger partial charge is 0.491 e. The van der Waals surface area contributed by atoms with Gasteiger partial charge in [0.25, 0.3) is 5.91 Å². The number of aromatic nitrogens is 1. The Bertz CT molecular complexity index is 1410. The van der Waals surface area contributed by atoms with Crippen molar-refractivity contribution in [2.75, 3.05) is 23.8 Å². The van der Waals surface area contributed by atoms with Gasteiger partial charge in [0.15, 0.2) is 0 Å². The molecule has 8 nitrogen and oxygen atoms in total. The Morgan fingerprint density at radius 1 is 1.07 bits per heavy atom. The maximum Gasteiger partial charge on any atom is 0.416 e. The summed E-state index contributed by atoms with van der Waals surface area (Å²) in [4.78, 5) is 31.4. The first-order chi connectivity index (χ1) is 19.8. The van der Waals surface area contributed by atoms with E-state index in [1.165, 1.54) is 41.4 Å². The van der Waals surface area contributed by atoms with Gasteiger partial charge in [0.1, 0.15) is 29.6 Å². The molecule has 1 aromatic heterocycles. The molecule has 12 heteroatoms. The average molecular weight is 589 g/mol. The van der Waals surface area contributed by atoms with Crippen molar-refractivity contribution >= 4 is 23.5 Å². The number of pyridine rings is 1. The Morgan fingerprint density at radius 2 is 1.81 bits per heavy atom. The summed E-state index contributed by atoms with van der Waals surface area (Å²) in [7, 11) is 0. The minimum absolute atomic E-state index is 0.0476. The van der Waals surface area contributed by atoms with E-state index < -0.39 is 29.3 Å². The molecule has 0 aliphatic carbocycles. The van der Waals surface area contributed by atoms with Crippen LogP contribution in [-0.4, -0.2) is 46.7 Å². The third-order valence-corrected chi connectivity index (χ3v) is 6.36. The maximum atomic E-state index is 13.7. The number of ether oxygens (including phenoxy) is 2. The lowest BCUT2D eigenvalue weighted by Crippen LogP contribution is -2.42. The number of carbonyl (C=O) groups excluding carboxylic acids is 2. The van der Waals surface area contributed by atoms with Gasteiger partial charge in [-0.05, 0) is 75.6 Å². The normalized spacial score (nSPS) is 15.3. The van der Waals surface area contributed by atoms with E-state index in [1.54, 1.807) is 32.9 Å².